The third-order valence-electron chi connectivity index (χ3n) is 3.57. The number of nitrogens with zero attached hydrogens (tertiary/aromatic N) is 1. The molecular formula is C19H23ClN2O2. The molecule has 5 heteroatoms. The van der Waals surface area contributed by atoms with E-state index >= 15 is 0 Å². The second kappa shape index (κ2) is 8.71. The molecular weight excluding hydrogens is 324 g/mol. The third kappa shape index (κ3) is 5.55. The normalized spacial score (nSPS) is 10.7. The predicted molar refractivity (Wildman–Crippen MR) is 98.8 cm³/mol. The van der Waals surface area contributed by atoms with Gasteiger partial charge in [-0.3, -0.25) is 9.69 Å². The summed E-state index contributed by atoms with van der Waals surface area (Å²) in [6.07, 6.45) is 0. The molecule has 0 aromatic heterocycles. The van der Waals surface area contributed by atoms with Crippen LogP contribution in [0.25, 0.3) is 0 Å². The van der Waals surface area contributed by atoms with Crippen molar-refractivity contribution in [3.05, 3.63) is 58.6 Å². The van der Waals surface area contributed by atoms with Crippen molar-refractivity contribution in [1.82, 2.24) is 4.90 Å². The number of amides is 1. The van der Waals surface area contributed by atoms with Gasteiger partial charge in [0, 0.05) is 17.3 Å². The lowest BCUT2D eigenvalue weighted by Gasteiger charge is -2.17. The highest BCUT2D eigenvalue weighted by atomic mass is 35.5. The molecule has 0 radical (unpaired) electrons. The van der Waals surface area contributed by atoms with E-state index in [2.05, 4.69) is 5.32 Å². The van der Waals surface area contributed by atoms with Gasteiger partial charge in [0.1, 0.15) is 5.75 Å². The van der Waals surface area contributed by atoms with Crippen LogP contribution in [-0.2, 0) is 11.3 Å². The Morgan fingerprint density at radius 2 is 1.92 bits per heavy atom. The summed E-state index contributed by atoms with van der Waals surface area (Å²) in [5, 5.41) is 3.52. The Morgan fingerprint density at radius 3 is 2.58 bits per heavy atom. The van der Waals surface area contributed by atoms with Crippen LogP contribution in [0.1, 0.15) is 18.1 Å². The van der Waals surface area contributed by atoms with E-state index in [-0.39, 0.29) is 5.91 Å². The molecule has 24 heavy (non-hydrogen) atoms. The number of hydrogen-bond donors (Lipinski definition) is 1. The van der Waals surface area contributed by atoms with Gasteiger partial charge in [-0.2, -0.15) is 0 Å². The van der Waals surface area contributed by atoms with E-state index in [9.17, 15) is 4.79 Å². The molecule has 2 aromatic rings. The zero-order valence-electron chi connectivity index (χ0n) is 14.3. The van der Waals surface area contributed by atoms with Gasteiger partial charge in [0.15, 0.2) is 0 Å². The summed E-state index contributed by atoms with van der Waals surface area (Å²) >= 11 is 5.98. The van der Waals surface area contributed by atoms with E-state index < -0.39 is 0 Å². The summed E-state index contributed by atoms with van der Waals surface area (Å²) in [5.74, 6) is 0.798. The molecule has 0 unspecified atom stereocenters. The number of nitrogens with one attached hydrogen (secondary N) is 1. The molecule has 128 valence electrons. The Labute approximate surface area is 148 Å². The highest BCUT2D eigenvalue weighted by Crippen LogP contribution is 2.20. The second-order valence-corrected chi connectivity index (χ2v) is 6.19. The van der Waals surface area contributed by atoms with E-state index in [4.69, 9.17) is 16.3 Å². The minimum absolute atomic E-state index is 0.0613. The molecule has 0 spiro atoms. The number of ether oxygens (including phenoxy) is 1. The molecule has 0 fully saturated rings. The summed E-state index contributed by atoms with van der Waals surface area (Å²) in [6.45, 7) is 5.55. The second-order valence-electron chi connectivity index (χ2n) is 5.76. The van der Waals surface area contributed by atoms with Crippen molar-refractivity contribution in [2.75, 3.05) is 25.5 Å². The quantitative estimate of drug-likeness (QED) is 0.820. The minimum Gasteiger partial charge on any atom is -0.494 e. The van der Waals surface area contributed by atoms with E-state index in [1.165, 1.54) is 0 Å². The molecule has 1 amide bonds. The minimum atomic E-state index is -0.0613. The zero-order chi connectivity index (χ0) is 17.5. The van der Waals surface area contributed by atoms with Gasteiger partial charge in [0.05, 0.1) is 13.2 Å². The Morgan fingerprint density at radius 1 is 1.21 bits per heavy atom. The van der Waals surface area contributed by atoms with Gasteiger partial charge in [0.25, 0.3) is 0 Å². The van der Waals surface area contributed by atoms with Crippen LogP contribution in [0, 0.1) is 6.92 Å². The van der Waals surface area contributed by atoms with Crippen LogP contribution in [0.4, 0.5) is 5.69 Å². The smallest absolute Gasteiger partial charge is 0.238 e. The van der Waals surface area contributed by atoms with Crippen LogP contribution in [0.2, 0.25) is 5.02 Å². The van der Waals surface area contributed by atoms with Gasteiger partial charge in [-0.25, -0.2) is 0 Å². The summed E-state index contributed by atoms with van der Waals surface area (Å²) in [7, 11) is 1.92. The zero-order valence-corrected chi connectivity index (χ0v) is 15.1. The number of rotatable bonds is 7. The first-order chi connectivity index (χ1) is 11.5. The van der Waals surface area contributed by atoms with E-state index in [1.54, 1.807) is 6.07 Å². The van der Waals surface area contributed by atoms with Crippen LogP contribution in [0.3, 0.4) is 0 Å². The van der Waals surface area contributed by atoms with E-state index in [0.29, 0.717) is 24.7 Å². The maximum absolute atomic E-state index is 12.2. The van der Waals surface area contributed by atoms with Crippen molar-refractivity contribution >= 4 is 23.2 Å². The average molecular weight is 347 g/mol. The van der Waals surface area contributed by atoms with Crippen molar-refractivity contribution in [3.63, 3.8) is 0 Å². The van der Waals surface area contributed by atoms with Gasteiger partial charge >= 0.3 is 0 Å². The van der Waals surface area contributed by atoms with Crippen LogP contribution in [-0.4, -0.2) is 31.0 Å². The lowest BCUT2D eigenvalue weighted by Crippen LogP contribution is -2.30. The lowest BCUT2D eigenvalue weighted by molar-refractivity contribution is -0.117. The van der Waals surface area contributed by atoms with Crippen molar-refractivity contribution < 1.29 is 9.53 Å². The van der Waals surface area contributed by atoms with Crippen LogP contribution in [0.15, 0.2) is 42.5 Å². The number of anilines is 1. The largest absolute Gasteiger partial charge is 0.494 e. The molecule has 2 rings (SSSR count). The maximum atomic E-state index is 12.2. The molecule has 0 aliphatic heterocycles. The van der Waals surface area contributed by atoms with E-state index in [1.807, 2.05) is 62.2 Å². The van der Waals surface area contributed by atoms with Gasteiger partial charge in [0.2, 0.25) is 5.91 Å². The molecule has 0 saturated heterocycles. The Bertz CT molecular complexity index is 686. The molecule has 0 saturated carbocycles. The summed E-state index contributed by atoms with van der Waals surface area (Å²) < 4.78 is 5.43. The highest BCUT2D eigenvalue weighted by Gasteiger charge is 2.09. The first-order valence-corrected chi connectivity index (χ1v) is 8.32. The van der Waals surface area contributed by atoms with Crippen molar-refractivity contribution in [2.45, 2.75) is 20.4 Å². The van der Waals surface area contributed by atoms with Crippen molar-refractivity contribution in [2.24, 2.45) is 0 Å². The standard InChI is InChI=1S/C19H23ClN2O2/c1-4-24-17-9-6-15(7-10-17)12-22(3)13-19(23)21-18-11-16(20)8-5-14(18)2/h5-11H,4,12-13H2,1-3H3,(H,21,23). The summed E-state index contributed by atoms with van der Waals surface area (Å²) in [5.41, 5.74) is 2.87. The van der Waals surface area contributed by atoms with Gasteiger partial charge in [-0.1, -0.05) is 29.8 Å². The Kier molecular flexibility index (Phi) is 6.64. The monoisotopic (exact) mass is 346 g/mol. The Hall–Kier alpha value is -2.04. The predicted octanol–water partition coefficient (Wildman–Crippen LogP) is 4.12. The number of hydrogen-bond acceptors (Lipinski definition) is 3. The Balaban J connectivity index is 1.88. The van der Waals surface area contributed by atoms with Crippen LogP contribution >= 0.6 is 11.6 Å². The van der Waals surface area contributed by atoms with Gasteiger partial charge in [-0.05, 0) is 56.3 Å². The molecule has 0 aliphatic carbocycles. The first-order valence-electron chi connectivity index (χ1n) is 7.94. The van der Waals surface area contributed by atoms with Crippen LogP contribution in [0.5, 0.6) is 5.75 Å². The number of carbonyl (C=O) groups is 1. The van der Waals surface area contributed by atoms with Crippen LogP contribution < -0.4 is 10.1 Å². The SMILES string of the molecule is CCOc1ccc(CN(C)CC(=O)Nc2cc(Cl)ccc2C)cc1. The summed E-state index contributed by atoms with van der Waals surface area (Å²) in [6, 6.07) is 13.4. The van der Waals surface area contributed by atoms with Crippen molar-refractivity contribution in [1.29, 1.82) is 0 Å². The fourth-order valence-electron chi connectivity index (χ4n) is 2.39. The fourth-order valence-corrected chi connectivity index (χ4v) is 2.56. The maximum Gasteiger partial charge on any atom is 0.238 e. The number of carbonyl (C=O) groups excluding carboxylic acids is 1. The van der Waals surface area contributed by atoms with Gasteiger partial charge in [-0.15, -0.1) is 0 Å². The summed E-state index contributed by atoms with van der Waals surface area (Å²) in [4.78, 5) is 14.2. The number of halogens is 1. The molecule has 0 atom stereocenters. The number of likely N-dealkylation sites (N-methyl/N-ethyl adjacent to an activating group) is 1. The molecule has 1 N–H and O–H groups in total. The average Bonchev–Trinajstić information content (AvgIpc) is 2.53. The third-order valence-corrected chi connectivity index (χ3v) is 3.81. The molecule has 0 aliphatic rings. The highest BCUT2D eigenvalue weighted by molar-refractivity contribution is 6.31. The number of benzene rings is 2. The first kappa shape index (κ1) is 18.3. The fraction of sp³-hybridized carbons (Fsp3) is 0.316. The molecule has 4 nitrogen and oxygen atoms in total. The molecule has 0 heterocycles. The lowest BCUT2D eigenvalue weighted by atomic mass is 10.2. The van der Waals surface area contributed by atoms with E-state index in [0.717, 1.165) is 22.6 Å². The number of aryl methyl sites for hydroxylation is 1. The molecule has 0 bridgehead atoms. The van der Waals surface area contributed by atoms with Gasteiger partial charge < -0.3 is 10.1 Å². The topological polar surface area (TPSA) is 41.6 Å². The van der Waals surface area contributed by atoms with Crippen molar-refractivity contribution in [3.8, 4) is 5.75 Å². The molecule has 2 aromatic carbocycles.